The number of rotatable bonds is 1. The number of carbonyl (C=O) groups is 1. The summed E-state index contributed by atoms with van der Waals surface area (Å²) in [5.41, 5.74) is 0.156. The Morgan fingerprint density at radius 3 is 2.64 bits per heavy atom. The Labute approximate surface area is 64.5 Å². The van der Waals surface area contributed by atoms with E-state index < -0.39 is 12.1 Å². The van der Waals surface area contributed by atoms with Crippen LogP contribution in [-0.4, -0.2) is 36.9 Å². The number of nitrogens with one attached hydrogen (secondary N) is 1. The van der Waals surface area contributed by atoms with Gasteiger partial charge in [-0.2, -0.15) is 0 Å². The lowest BCUT2D eigenvalue weighted by Crippen LogP contribution is -2.54. The Kier molecular flexibility index (Phi) is 1.40. The number of aliphatic carboxylic acids is 1. The SMILES string of the molecule is O=C(O)C1CC2(CNC2)CO1. The van der Waals surface area contributed by atoms with Crippen LogP contribution in [0.5, 0.6) is 0 Å². The van der Waals surface area contributed by atoms with Crippen molar-refractivity contribution in [2.24, 2.45) is 5.41 Å². The van der Waals surface area contributed by atoms with Gasteiger partial charge in [0.25, 0.3) is 0 Å². The molecule has 2 aliphatic heterocycles. The van der Waals surface area contributed by atoms with Gasteiger partial charge in [0, 0.05) is 18.5 Å². The third-order valence-corrected chi connectivity index (χ3v) is 2.48. The molecule has 2 fully saturated rings. The first-order valence-electron chi connectivity index (χ1n) is 3.77. The molecule has 2 heterocycles. The molecule has 0 radical (unpaired) electrons. The first-order valence-corrected chi connectivity index (χ1v) is 3.77. The minimum Gasteiger partial charge on any atom is -0.479 e. The van der Waals surface area contributed by atoms with Crippen molar-refractivity contribution in [1.29, 1.82) is 0 Å². The summed E-state index contributed by atoms with van der Waals surface area (Å²) in [5, 5.41) is 11.8. The van der Waals surface area contributed by atoms with Crippen molar-refractivity contribution in [1.82, 2.24) is 5.32 Å². The van der Waals surface area contributed by atoms with Gasteiger partial charge in [0.1, 0.15) is 0 Å². The van der Waals surface area contributed by atoms with Gasteiger partial charge in [-0.05, 0) is 6.42 Å². The molecule has 0 aromatic heterocycles. The van der Waals surface area contributed by atoms with Crippen molar-refractivity contribution in [3.8, 4) is 0 Å². The molecule has 2 saturated heterocycles. The van der Waals surface area contributed by atoms with Gasteiger partial charge in [-0.25, -0.2) is 4.79 Å². The number of hydrogen-bond acceptors (Lipinski definition) is 3. The lowest BCUT2D eigenvalue weighted by Gasteiger charge is -2.37. The predicted molar refractivity (Wildman–Crippen MR) is 37.3 cm³/mol. The minimum atomic E-state index is -0.825. The molecule has 0 aromatic carbocycles. The van der Waals surface area contributed by atoms with Crippen LogP contribution in [0.15, 0.2) is 0 Å². The van der Waals surface area contributed by atoms with Gasteiger partial charge in [-0.15, -0.1) is 0 Å². The second-order valence-electron chi connectivity index (χ2n) is 3.45. The average Bonchev–Trinajstić information content (AvgIpc) is 2.28. The molecule has 62 valence electrons. The van der Waals surface area contributed by atoms with E-state index in [0.717, 1.165) is 13.1 Å². The van der Waals surface area contributed by atoms with Gasteiger partial charge in [0.05, 0.1) is 6.61 Å². The molecule has 0 saturated carbocycles. The Morgan fingerprint density at radius 1 is 1.64 bits per heavy atom. The fourth-order valence-electron chi connectivity index (χ4n) is 1.67. The van der Waals surface area contributed by atoms with Crippen molar-refractivity contribution in [2.45, 2.75) is 12.5 Å². The first-order chi connectivity index (χ1) is 5.22. The second kappa shape index (κ2) is 2.19. The Balaban J connectivity index is 1.98. The van der Waals surface area contributed by atoms with E-state index in [2.05, 4.69) is 5.32 Å². The summed E-state index contributed by atoms with van der Waals surface area (Å²) in [6.45, 7) is 2.44. The van der Waals surface area contributed by atoms with Crippen LogP contribution in [0.2, 0.25) is 0 Å². The lowest BCUT2D eigenvalue weighted by molar-refractivity contribution is -0.147. The third kappa shape index (κ3) is 1.02. The molecule has 0 aromatic rings. The van der Waals surface area contributed by atoms with E-state index in [-0.39, 0.29) is 5.41 Å². The van der Waals surface area contributed by atoms with Crippen molar-refractivity contribution in [2.75, 3.05) is 19.7 Å². The van der Waals surface area contributed by atoms with Crippen molar-refractivity contribution in [3.63, 3.8) is 0 Å². The van der Waals surface area contributed by atoms with Gasteiger partial charge >= 0.3 is 5.97 Å². The van der Waals surface area contributed by atoms with Crippen LogP contribution in [-0.2, 0) is 9.53 Å². The van der Waals surface area contributed by atoms with Crippen LogP contribution >= 0.6 is 0 Å². The van der Waals surface area contributed by atoms with E-state index >= 15 is 0 Å². The number of carboxylic acid groups (broad SMARTS) is 1. The van der Waals surface area contributed by atoms with E-state index in [1.54, 1.807) is 0 Å². The van der Waals surface area contributed by atoms with Crippen LogP contribution in [0.1, 0.15) is 6.42 Å². The maximum Gasteiger partial charge on any atom is 0.332 e. The zero-order valence-corrected chi connectivity index (χ0v) is 6.17. The Hall–Kier alpha value is -0.610. The summed E-state index contributed by atoms with van der Waals surface area (Å²) in [5.74, 6) is -0.825. The average molecular weight is 157 g/mol. The Morgan fingerprint density at radius 2 is 2.36 bits per heavy atom. The lowest BCUT2D eigenvalue weighted by atomic mass is 9.80. The molecular weight excluding hydrogens is 146 g/mol. The highest BCUT2D eigenvalue weighted by Crippen LogP contribution is 2.35. The van der Waals surface area contributed by atoms with E-state index in [1.165, 1.54) is 0 Å². The molecule has 4 nitrogen and oxygen atoms in total. The van der Waals surface area contributed by atoms with Crippen LogP contribution in [0, 0.1) is 5.41 Å². The van der Waals surface area contributed by atoms with Crippen LogP contribution in [0.3, 0.4) is 0 Å². The highest BCUT2D eigenvalue weighted by molar-refractivity contribution is 5.72. The minimum absolute atomic E-state index is 0.156. The van der Waals surface area contributed by atoms with Crippen LogP contribution < -0.4 is 5.32 Å². The molecule has 2 rings (SSSR count). The van der Waals surface area contributed by atoms with Gasteiger partial charge in [0.15, 0.2) is 6.10 Å². The smallest absolute Gasteiger partial charge is 0.332 e. The van der Waals surface area contributed by atoms with Gasteiger partial charge < -0.3 is 15.2 Å². The van der Waals surface area contributed by atoms with Crippen molar-refractivity contribution >= 4 is 5.97 Å². The summed E-state index contributed by atoms with van der Waals surface area (Å²) in [6, 6.07) is 0. The predicted octanol–water partition coefficient (Wildman–Crippen LogP) is -0.551. The number of ether oxygens (including phenoxy) is 1. The number of carboxylic acids is 1. The molecule has 2 aliphatic rings. The molecule has 4 heteroatoms. The zero-order chi connectivity index (χ0) is 7.90. The van der Waals surface area contributed by atoms with Crippen molar-refractivity contribution < 1.29 is 14.6 Å². The van der Waals surface area contributed by atoms with Crippen LogP contribution in [0.4, 0.5) is 0 Å². The quantitative estimate of drug-likeness (QED) is 0.536. The summed E-state index contributed by atoms with van der Waals surface area (Å²) < 4.78 is 5.13. The van der Waals surface area contributed by atoms with E-state index in [9.17, 15) is 4.79 Å². The van der Waals surface area contributed by atoms with E-state index in [1.807, 2.05) is 0 Å². The molecule has 1 spiro atoms. The highest BCUT2D eigenvalue weighted by Gasteiger charge is 2.46. The standard InChI is InChI=1S/C7H11NO3/c9-6(10)5-1-7(4-11-5)2-8-3-7/h5,8H,1-4H2,(H,9,10). The largest absolute Gasteiger partial charge is 0.479 e. The molecule has 2 N–H and O–H groups in total. The summed E-state index contributed by atoms with van der Waals surface area (Å²) in [6.07, 6.45) is 0.118. The molecular formula is C7H11NO3. The topological polar surface area (TPSA) is 58.6 Å². The highest BCUT2D eigenvalue weighted by atomic mass is 16.5. The fourth-order valence-corrected chi connectivity index (χ4v) is 1.67. The monoisotopic (exact) mass is 157 g/mol. The maximum absolute atomic E-state index is 10.5. The van der Waals surface area contributed by atoms with Gasteiger partial charge in [-0.3, -0.25) is 0 Å². The van der Waals surface area contributed by atoms with E-state index in [0.29, 0.717) is 13.0 Å². The molecule has 0 bridgehead atoms. The normalized spacial score (nSPS) is 33.6. The molecule has 11 heavy (non-hydrogen) atoms. The molecule has 1 atom stereocenters. The first kappa shape index (κ1) is 7.06. The van der Waals surface area contributed by atoms with E-state index in [4.69, 9.17) is 9.84 Å². The zero-order valence-electron chi connectivity index (χ0n) is 6.17. The molecule has 1 unspecified atom stereocenters. The Bertz CT molecular complexity index is 188. The van der Waals surface area contributed by atoms with Gasteiger partial charge in [0.2, 0.25) is 0 Å². The molecule has 0 amide bonds. The maximum atomic E-state index is 10.5. The van der Waals surface area contributed by atoms with Crippen LogP contribution in [0.25, 0.3) is 0 Å². The summed E-state index contributed by atoms with van der Waals surface area (Å²) >= 11 is 0. The summed E-state index contributed by atoms with van der Waals surface area (Å²) in [7, 11) is 0. The summed E-state index contributed by atoms with van der Waals surface area (Å²) in [4.78, 5) is 10.5. The third-order valence-electron chi connectivity index (χ3n) is 2.48. The second-order valence-corrected chi connectivity index (χ2v) is 3.45. The number of hydrogen-bond donors (Lipinski definition) is 2. The van der Waals surface area contributed by atoms with Gasteiger partial charge in [-0.1, -0.05) is 0 Å². The fraction of sp³-hybridized carbons (Fsp3) is 0.857. The molecule has 0 aliphatic carbocycles. The van der Waals surface area contributed by atoms with Crippen molar-refractivity contribution in [3.05, 3.63) is 0 Å².